The second-order valence-corrected chi connectivity index (χ2v) is 4.65. The third kappa shape index (κ3) is 2.61. The summed E-state index contributed by atoms with van der Waals surface area (Å²) in [6.45, 7) is 5.97. The molecule has 0 saturated heterocycles. The van der Waals surface area contributed by atoms with Crippen LogP contribution >= 0.6 is 12.2 Å². The molecule has 1 aromatic carbocycles. The molecular weight excluding hydrogens is 260 g/mol. The van der Waals surface area contributed by atoms with E-state index in [1.807, 2.05) is 18.2 Å². The second-order valence-electron chi connectivity index (χ2n) is 4.21. The predicted molar refractivity (Wildman–Crippen MR) is 81.9 cm³/mol. The fraction of sp³-hybridized carbons (Fsp3) is 0.286. The van der Waals surface area contributed by atoms with Crippen LogP contribution in [0.4, 0.5) is 5.69 Å². The molecule has 4 nitrogen and oxygen atoms in total. The van der Waals surface area contributed by atoms with Crippen LogP contribution in [0.25, 0.3) is 11.0 Å². The normalized spacial score (nSPS) is 10.6. The van der Waals surface area contributed by atoms with Gasteiger partial charge in [-0.15, -0.1) is 0 Å². The predicted octanol–water partition coefficient (Wildman–Crippen LogP) is 2.27. The third-order valence-electron chi connectivity index (χ3n) is 3.11. The summed E-state index contributed by atoms with van der Waals surface area (Å²) in [4.78, 5) is 14.0. The lowest BCUT2D eigenvalue weighted by Crippen LogP contribution is -2.22. The minimum atomic E-state index is -0.489. The highest BCUT2D eigenvalue weighted by Gasteiger charge is 2.09. The highest BCUT2D eigenvalue weighted by atomic mass is 32.1. The minimum absolute atomic E-state index is 0.0588. The van der Waals surface area contributed by atoms with Crippen LogP contribution < -0.4 is 16.3 Å². The molecule has 0 aliphatic carbocycles. The number of rotatable bonds is 4. The number of hydrogen-bond acceptors (Lipinski definition) is 4. The van der Waals surface area contributed by atoms with Crippen molar-refractivity contribution in [1.82, 2.24) is 0 Å². The van der Waals surface area contributed by atoms with Crippen LogP contribution in [-0.2, 0) is 0 Å². The number of benzene rings is 1. The Morgan fingerprint density at radius 1 is 1.32 bits per heavy atom. The van der Waals surface area contributed by atoms with Crippen LogP contribution in [-0.4, -0.2) is 18.1 Å². The van der Waals surface area contributed by atoms with Crippen LogP contribution in [0.1, 0.15) is 19.4 Å². The van der Waals surface area contributed by atoms with Crippen molar-refractivity contribution >= 4 is 33.9 Å². The average Bonchev–Trinajstić information content (AvgIpc) is 2.38. The molecule has 0 radical (unpaired) electrons. The average molecular weight is 276 g/mol. The molecule has 0 atom stereocenters. The van der Waals surface area contributed by atoms with Gasteiger partial charge in [0.05, 0.1) is 5.56 Å². The number of anilines is 1. The minimum Gasteiger partial charge on any atom is -0.422 e. The van der Waals surface area contributed by atoms with Gasteiger partial charge in [0.15, 0.2) is 0 Å². The molecule has 0 aliphatic heterocycles. The van der Waals surface area contributed by atoms with Crippen LogP contribution in [0.15, 0.2) is 33.5 Å². The summed E-state index contributed by atoms with van der Waals surface area (Å²) in [6.07, 6.45) is 0. The summed E-state index contributed by atoms with van der Waals surface area (Å²) in [5, 5.41) is 0.818. The van der Waals surface area contributed by atoms with Gasteiger partial charge in [-0.2, -0.15) is 0 Å². The maximum Gasteiger partial charge on any atom is 0.346 e. The Morgan fingerprint density at radius 2 is 2.00 bits per heavy atom. The number of nitrogens with two attached hydrogens (primary N) is 1. The first-order valence-electron chi connectivity index (χ1n) is 6.19. The first kappa shape index (κ1) is 13.5. The number of hydrogen-bond donors (Lipinski definition) is 1. The first-order valence-corrected chi connectivity index (χ1v) is 6.60. The van der Waals surface area contributed by atoms with E-state index in [0.29, 0.717) is 5.58 Å². The van der Waals surface area contributed by atoms with E-state index < -0.39 is 5.63 Å². The van der Waals surface area contributed by atoms with Gasteiger partial charge in [0.25, 0.3) is 0 Å². The Balaban J connectivity index is 2.59. The highest BCUT2D eigenvalue weighted by Crippen LogP contribution is 2.21. The quantitative estimate of drug-likeness (QED) is 0.685. The van der Waals surface area contributed by atoms with E-state index in [4.69, 9.17) is 22.4 Å². The summed E-state index contributed by atoms with van der Waals surface area (Å²) in [7, 11) is 0. The van der Waals surface area contributed by atoms with E-state index in [2.05, 4.69) is 18.7 Å². The molecule has 0 amide bonds. The monoisotopic (exact) mass is 276 g/mol. The van der Waals surface area contributed by atoms with Gasteiger partial charge in [-0.3, -0.25) is 0 Å². The van der Waals surface area contributed by atoms with Crippen molar-refractivity contribution in [2.24, 2.45) is 5.73 Å². The molecule has 0 unspecified atom stereocenters. The van der Waals surface area contributed by atoms with Crippen molar-refractivity contribution in [3.05, 3.63) is 40.2 Å². The van der Waals surface area contributed by atoms with E-state index >= 15 is 0 Å². The molecule has 0 aliphatic rings. The van der Waals surface area contributed by atoms with Gasteiger partial charge in [0, 0.05) is 30.2 Å². The Labute approximate surface area is 116 Å². The molecule has 1 heterocycles. The van der Waals surface area contributed by atoms with Gasteiger partial charge in [0.2, 0.25) is 0 Å². The van der Waals surface area contributed by atoms with E-state index in [0.717, 1.165) is 24.2 Å². The van der Waals surface area contributed by atoms with Gasteiger partial charge in [-0.05, 0) is 32.0 Å². The van der Waals surface area contributed by atoms with E-state index in [-0.39, 0.29) is 10.6 Å². The smallest absolute Gasteiger partial charge is 0.346 e. The lowest BCUT2D eigenvalue weighted by atomic mass is 10.1. The number of thiocarbonyl (C=S) groups is 1. The third-order valence-corrected chi connectivity index (χ3v) is 3.33. The number of nitrogens with zero attached hydrogens (tertiary/aromatic N) is 1. The zero-order chi connectivity index (χ0) is 14.0. The molecule has 2 N–H and O–H groups in total. The van der Waals surface area contributed by atoms with Crippen molar-refractivity contribution in [2.75, 3.05) is 18.0 Å². The second kappa shape index (κ2) is 5.40. The zero-order valence-electron chi connectivity index (χ0n) is 11.0. The van der Waals surface area contributed by atoms with E-state index in [1.165, 1.54) is 0 Å². The Hall–Kier alpha value is -1.88. The van der Waals surface area contributed by atoms with Gasteiger partial charge in [-0.1, -0.05) is 12.2 Å². The molecule has 0 bridgehead atoms. The molecule has 19 heavy (non-hydrogen) atoms. The van der Waals surface area contributed by atoms with E-state index in [9.17, 15) is 4.79 Å². The topological polar surface area (TPSA) is 59.5 Å². The SMILES string of the molecule is CCN(CC)c1ccc2cc(C(N)=S)c(=O)oc2c1. The summed E-state index contributed by atoms with van der Waals surface area (Å²) < 4.78 is 5.28. The van der Waals surface area contributed by atoms with Crippen molar-refractivity contribution in [3.63, 3.8) is 0 Å². The molecule has 2 rings (SSSR count). The van der Waals surface area contributed by atoms with Crippen molar-refractivity contribution in [3.8, 4) is 0 Å². The Bertz CT molecular complexity index is 675. The summed E-state index contributed by atoms with van der Waals surface area (Å²) in [5.41, 5.74) is 6.83. The molecular formula is C14H16N2O2S. The molecule has 1 aromatic heterocycles. The fourth-order valence-corrected chi connectivity index (χ4v) is 2.20. The summed E-state index contributed by atoms with van der Waals surface area (Å²) in [6, 6.07) is 7.45. The molecule has 0 saturated carbocycles. The summed E-state index contributed by atoms with van der Waals surface area (Å²) in [5.74, 6) is 0. The lowest BCUT2D eigenvalue weighted by Gasteiger charge is -2.20. The first-order chi connectivity index (χ1) is 9.06. The lowest BCUT2D eigenvalue weighted by molar-refractivity contribution is 0.559. The Morgan fingerprint density at radius 3 is 2.58 bits per heavy atom. The van der Waals surface area contributed by atoms with E-state index in [1.54, 1.807) is 6.07 Å². The molecule has 0 fully saturated rings. The van der Waals surface area contributed by atoms with Gasteiger partial charge >= 0.3 is 5.63 Å². The molecule has 5 heteroatoms. The van der Waals surface area contributed by atoms with Crippen molar-refractivity contribution < 1.29 is 4.42 Å². The van der Waals surface area contributed by atoms with Gasteiger partial charge in [0.1, 0.15) is 10.6 Å². The molecule has 2 aromatic rings. The largest absolute Gasteiger partial charge is 0.422 e. The molecule has 0 spiro atoms. The van der Waals surface area contributed by atoms with Gasteiger partial charge < -0.3 is 15.1 Å². The van der Waals surface area contributed by atoms with Crippen LogP contribution in [0, 0.1) is 0 Å². The maximum absolute atomic E-state index is 11.7. The van der Waals surface area contributed by atoms with Crippen molar-refractivity contribution in [2.45, 2.75) is 13.8 Å². The van der Waals surface area contributed by atoms with Crippen molar-refractivity contribution in [1.29, 1.82) is 0 Å². The summed E-state index contributed by atoms with van der Waals surface area (Å²) >= 11 is 4.83. The highest BCUT2D eigenvalue weighted by molar-refractivity contribution is 7.80. The molecule has 100 valence electrons. The maximum atomic E-state index is 11.7. The van der Waals surface area contributed by atoms with Crippen LogP contribution in [0.5, 0.6) is 0 Å². The standard InChI is InChI=1S/C14H16N2O2S/c1-3-16(4-2)10-6-5-9-7-11(13(15)19)14(17)18-12(9)8-10/h5-8H,3-4H2,1-2H3,(H2,15,19). The van der Waals surface area contributed by atoms with Gasteiger partial charge in [-0.25, -0.2) is 4.79 Å². The van der Waals surface area contributed by atoms with Crippen LogP contribution in [0.3, 0.4) is 0 Å². The zero-order valence-corrected chi connectivity index (χ0v) is 11.8. The van der Waals surface area contributed by atoms with Crippen LogP contribution in [0.2, 0.25) is 0 Å². The fourth-order valence-electron chi connectivity index (χ4n) is 2.06. The Kier molecular flexibility index (Phi) is 3.85. The number of fused-ring (bicyclic) bond motifs is 1.